The number of aliphatic hydroxyl groups excluding tert-OH is 1. The molecule has 2 aliphatic rings. The Labute approximate surface area is 119 Å². The summed E-state index contributed by atoms with van der Waals surface area (Å²) in [7, 11) is 0. The Bertz CT molecular complexity index is 436. The van der Waals surface area contributed by atoms with Crippen molar-refractivity contribution in [1.82, 2.24) is 0 Å². The summed E-state index contributed by atoms with van der Waals surface area (Å²) in [6.45, 7) is 3.79. The van der Waals surface area contributed by atoms with Crippen molar-refractivity contribution in [3.63, 3.8) is 0 Å². The molecule has 2 fully saturated rings. The van der Waals surface area contributed by atoms with E-state index in [1.165, 1.54) is 4.46 Å². The van der Waals surface area contributed by atoms with E-state index in [1.807, 2.05) is 32.0 Å². The van der Waals surface area contributed by atoms with Crippen LogP contribution in [0.3, 0.4) is 0 Å². The molecule has 0 amide bonds. The zero-order chi connectivity index (χ0) is 13.5. The molecule has 2 saturated heterocycles. The van der Waals surface area contributed by atoms with Crippen LogP contribution < -0.4 is 4.46 Å². The van der Waals surface area contributed by atoms with Crippen LogP contribution in [0.5, 0.6) is 0 Å². The van der Waals surface area contributed by atoms with Crippen molar-refractivity contribution >= 4 is 19.4 Å². The van der Waals surface area contributed by atoms with Crippen molar-refractivity contribution in [3.8, 4) is 0 Å². The van der Waals surface area contributed by atoms with Crippen LogP contribution in [-0.2, 0) is 14.2 Å². The molecule has 0 unspecified atom stereocenters. The van der Waals surface area contributed by atoms with Crippen LogP contribution in [0.4, 0.5) is 0 Å². The van der Waals surface area contributed by atoms with E-state index in [9.17, 15) is 5.11 Å². The van der Waals surface area contributed by atoms with Gasteiger partial charge in [-0.05, 0) is 0 Å². The van der Waals surface area contributed by atoms with Crippen molar-refractivity contribution in [2.45, 2.75) is 42.9 Å². The van der Waals surface area contributed by atoms with Gasteiger partial charge in [0.25, 0.3) is 0 Å². The van der Waals surface area contributed by atoms with E-state index in [0.717, 1.165) is 0 Å². The number of benzene rings is 1. The molecule has 1 N–H and O–H groups in total. The molecule has 1 aromatic carbocycles. The fourth-order valence-corrected chi connectivity index (χ4v) is 4.88. The molecule has 104 valence electrons. The zero-order valence-electron chi connectivity index (χ0n) is 11.0. The van der Waals surface area contributed by atoms with Gasteiger partial charge in [-0.25, -0.2) is 0 Å². The summed E-state index contributed by atoms with van der Waals surface area (Å²) in [5.41, 5.74) is 0. The third-order valence-electron chi connectivity index (χ3n) is 3.28. The van der Waals surface area contributed by atoms with Gasteiger partial charge < -0.3 is 0 Å². The summed E-state index contributed by atoms with van der Waals surface area (Å²) in [5, 5.41) is 9.41. The van der Waals surface area contributed by atoms with Crippen LogP contribution in [0.15, 0.2) is 30.3 Å². The average Bonchev–Trinajstić information content (AvgIpc) is 2.85. The molecule has 1 aromatic rings. The molecular weight excluding hydrogens is 311 g/mol. The Morgan fingerprint density at radius 2 is 1.84 bits per heavy atom. The third-order valence-corrected chi connectivity index (χ3v) is 5.71. The minimum absolute atomic E-state index is 0.00109. The van der Waals surface area contributed by atoms with Gasteiger partial charge in [-0.15, -0.1) is 0 Å². The minimum atomic E-state index is -0.586. The first-order chi connectivity index (χ1) is 9.09. The second-order valence-corrected chi connectivity index (χ2v) is 7.68. The van der Waals surface area contributed by atoms with Gasteiger partial charge >= 0.3 is 119 Å². The molecule has 4 atom stereocenters. The molecule has 0 saturated carbocycles. The van der Waals surface area contributed by atoms with E-state index in [4.69, 9.17) is 14.2 Å². The van der Waals surface area contributed by atoms with Gasteiger partial charge in [-0.3, -0.25) is 0 Å². The second-order valence-electron chi connectivity index (χ2n) is 5.22. The maximum absolute atomic E-state index is 9.41. The van der Waals surface area contributed by atoms with Crippen molar-refractivity contribution in [2.75, 3.05) is 6.61 Å². The molecule has 0 radical (unpaired) electrons. The summed E-state index contributed by atoms with van der Waals surface area (Å²) in [6.07, 6.45) is -0.509. The van der Waals surface area contributed by atoms with Crippen molar-refractivity contribution in [1.29, 1.82) is 0 Å². The monoisotopic (exact) mass is 330 g/mol. The number of fused-ring (bicyclic) bond motifs is 1. The molecule has 0 aromatic heterocycles. The van der Waals surface area contributed by atoms with E-state index in [2.05, 4.69) is 12.1 Å². The van der Waals surface area contributed by atoms with Gasteiger partial charge in [-0.1, -0.05) is 0 Å². The summed E-state index contributed by atoms with van der Waals surface area (Å²) < 4.78 is 19.0. The number of hydrogen-bond donors (Lipinski definition) is 1. The molecule has 2 heterocycles. The van der Waals surface area contributed by atoms with E-state index in [0.29, 0.717) is 0 Å². The quantitative estimate of drug-likeness (QED) is 0.808. The van der Waals surface area contributed by atoms with E-state index in [1.54, 1.807) is 0 Å². The Morgan fingerprint density at radius 3 is 2.53 bits per heavy atom. The molecule has 19 heavy (non-hydrogen) atoms. The van der Waals surface area contributed by atoms with Gasteiger partial charge in [0, 0.05) is 0 Å². The predicted octanol–water partition coefficient (Wildman–Crippen LogP) is 0.253. The first-order valence-electron chi connectivity index (χ1n) is 6.43. The fourth-order valence-electron chi connectivity index (χ4n) is 2.52. The SMILES string of the molecule is CC1(C)O[C@@H]2[C@H](O1)[C@@H](CO)O[C@H]2[Se]c1ccccc1. The second kappa shape index (κ2) is 5.17. The molecular formula is C14H18O4Se. The Kier molecular flexibility index (Phi) is 3.69. The molecule has 0 aliphatic carbocycles. The first kappa shape index (κ1) is 13.6. The number of ether oxygens (including phenoxy) is 3. The molecule has 0 spiro atoms. The van der Waals surface area contributed by atoms with Gasteiger partial charge in [0.15, 0.2) is 0 Å². The van der Waals surface area contributed by atoms with Crippen LogP contribution in [0.2, 0.25) is 0 Å². The summed E-state index contributed by atoms with van der Waals surface area (Å²) in [4.78, 5) is 0. The Hall–Kier alpha value is -0.421. The van der Waals surface area contributed by atoms with Gasteiger partial charge in [0.05, 0.1) is 0 Å². The van der Waals surface area contributed by atoms with Crippen molar-refractivity contribution in [3.05, 3.63) is 30.3 Å². The van der Waals surface area contributed by atoms with Crippen LogP contribution in [-0.4, -0.2) is 55.8 Å². The topological polar surface area (TPSA) is 47.9 Å². The fraction of sp³-hybridized carbons (Fsp3) is 0.571. The molecule has 4 nitrogen and oxygen atoms in total. The van der Waals surface area contributed by atoms with E-state index in [-0.39, 0.29) is 44.9 Å². The summed E-state index contributed by atoms with van der Waals surface area (Å²) in [6, 6.07) is 10.3. The van der Waals surface area contributed by atoms with E-state index < -0.39 is 5.79 Å². The van der Waals surface area contributed by atoms with Gasteiger partial charge in [0.1, 0.15) is 0 Å². The summed E-state index contributed by atoms with van der Waals surface area (Å²) >= 11 is 0.151. The number of aliphatic hydroxyl groups is 1. The van der Waals surface area contributed by atoms with Crippen LogP contribution in [0, 0.1) is 0 Å². The van der Waals surface area contributed by atoms with Gasteiger partial charge in [-0.2, -0.15) is 0 Å². The van der Waals surface area contributed by atoms with Gasteiger partial charge in [0.2, 0.25) is 0 Å². The molecule has 3 rings (SSSR count). The molecule has 5 heteroatoms. The Morgan fingerprint density at radius 1 is 1.16 bits per heavy atom. The molecule has 0 bridgehead atoms. The maximum atomic E-state index is 9.41. The number of hydrogen-bond acceptors (Lipinski definition) is 4. The normalized spacial score (nSPS) is 36.4. The number of rotatable bonds is 3. The standard InChI is InChI=1S/C14H18O4Se/c1-14(2)17-11-10(8-15)16-13(12(11)18-14)19-9-6-4-3-5-7-9/h3-7,10-13,15H,8H2,1-2H3/t10-,11-,12-,13+/m1/s1. The zero-order valence-corrected chi connectivity index (χ0v) is 12.7. The average molecular weight is 329 g/mol. The van der Waals surface area contributed by atoms with Crippen molar-refractivity contribution in [2.24, 2.45) is 0 Å². The summed E-state index contributed by atoms with van der Waals surface area (Å²) in [5.74, 6) is -0.586. The van der Waals surface area contributed by atoms with Crippen molar-refractivity contribution < 1.29 is 19.3 Å². The Balaban J connectivity index is 1.76. The third kappa shape index (κ3) is 2.72. The molecule has 2 aliphatic heterocycles. The van der Waals surface area contributed by atoms with E-state index >= 15 is 0 Å². The van der Waals surface area contributed by atoms with Crippen LogP contribution in [0.25, 0.3) is 0 Å². The predicted molar refractivity (Wildman–Crippen MR) is 71.4 cm³/mol. The van der Waals surface area contributed by atoms with Crippen LogP contribution >= 0.6 is 0 Å². The first-order valence-corrected chi connectivity index (χ1v) is 8.27. The van der Waals surface area contributed by atoms with Crippen LogP contribution in [0.1, 0.15) is 13.8 Å².